The number of aryl methyl sites for hydroxylation is 1. The highest BCUT2D eigenvalue weighted by Gasteiger charge is 2.12. The molecule has 2 aromatic rings. The van der Waals surface area contributed by atoms with Crippen LogP contribution in [0.4, 0.5) is 4.79 Å². The van der Waals surface area contributed by atoms with E-state index < -0.39 is 23.6 Å². The first-order valence-corrected chi connectivity index (χ1v) is 8.63. The summed E-state index contributed by atoms with van der Waals surface area (Å²) in [6.07, 6.45) is -0.178. The number of esters is 1. The van der Waals surface area contributed by atoms with Crippen molar-refractivity contribution in [3.8, 4) is 5.75 Å². The molecule has 0 radical (unpaired) electrons. The number of primary amides is 1. The predicted molar refractivity (Wildman–Crippen MR) is 104 cm³/mol. The Balaban J connectivity index is 0.000000416. The van der Waals surface area contributed by atoms with E-state index in [0.29, 0.717) is 17.7 Å². The van der Waals surface area contributed by atoms with Gasteiger partial charge in [-0.1, -0.05) is 30.3 Å². The summed E-state index contributed by atoms with van der Waals surface area (Å²) in [7, 11) is 0. The Bertz CT molecular complexity index is 779. The number of carbonyl (C=O) groups excluding carboxylic acids is 2. The standard InChI is InChI=1S/C16H14O4.C5H11NO2/c17-15(18)11-8-12-6-9-14(10-7-12)20-16(19)13-4-2-1-3-5-13;1-5(2,3)8-4(6)7/h1-7,9-10H,8,11H2,(H,17,18);1-3H3,(H2,6,7). The minimum Gasteiger partial charge on any atom is -0.481 e. The van der Waals surface area contributed by atoms with Gasteiger partial charge < -0.3 is 20.3 Å². The van der Waals surface area contributed by atoms with Crippen molar-refractivity contribution < 1.29 is 29.0 Å². The molecule has 0 aliphatic carbocycles. The molecule has 0 heterocycles. The van der Waals surface area contributed by atoms with Crippen LogP contribution in [-0.4, -0.2) is 28.7 Å². The number of carbonyl (C=O) groups is 3. The van der Waals surface area contributed by atoms with Crippen LogP contribution in [-0.2, 0) is 16.0 Å². The third-order valence-corrected chi connectivity index (χ3v) is 3.18. The quantitative estimate of drug-likeness (QED) is 0.595. The van der Waals surface area contributed by atoms with Crippen LogP contribution < -0.4 is 10.5 Å². The maximum absolute atomic E-state index is 11.8. The van der Waals surface area contributed by atoms with Crippen molar-refractivity contribution in [3.05, 3.63) is 65.7 Å². The van der Waals surface area contributed by atoms with E-state index in [4.69, 9.17) is 15.6 Å². The lowest BCUT2D eigenvalue weighted by Crippen LogP contribution is -2.27. The van der Waals surface area contributed by atoms with Gasteiger partial charge in [-0.25, -0.2) is 9.59 Å². The molecule has 2 rings (SSSR count). The van der Waals surface area contributed by atoms with Crippen LogP contribution in [0, 0.1) is 0 Å². The van der Waals surface area contributed by atoms with Crippen molar-refractivity contribution in [1.82, 2.24) is 0 Å². The van der Waals surface area contributed by atoms with Crippen LogP contribution >= 0.6 is 0 Å². The van der Waals surface area contributed by atoms with E-state index in [-0.39, 0.29) is 6.42 Å². The Morgan fingerprint density at radius 2 is 1.54 bits per heavy atom. The Kier molecular flexibility index (Phi) is 8.68. The van der Waals surface area contributed by atoms with Crippen LogP contribution in [0.2, 0.25) is 0 Å². The fourth-order valence-electron chi connectivity index (χ4n) is 2.02. The number of hydrogen-bond acceptors (Lipinski definition) is 5. The van der Waals surface area contributed by atoms with Crippen molar-refractivity contribution in [2.24, 2.45) is 5.73 Å². The van der Waals surface area contributed by atoms with E-state index in [9.17, 15) is 14.4 Å². The number of ether oxygens (including phenoxy) is 2. The van der Waals surface area contributed by atoms with E-state index in [1.165, 1.54) is 0 Å². The molecule has 0 aromatic heterocycles. The second-order valence-electron chi connectivity index (χ2n) is 6.83. The predicted octanol–water partition coefficient (Wildman–Crippen LogP) is 3.80. The van der Waals surface area contributed by atoms with Crippen LogP contribution in [0.3, 0.4) is 0 Å². The Morgan fingerprint density at radius 1 is 0.964 bits per heavy atom. The monoisotopic (exact) mass is 387 g/mol. The number of hydrogen-bond donors (Lipinski definition) is 2. The summed E-state index contributed by atoms with van der Waals surface area (Å²) < 4.78 is 9.80. The first-order chi connectivity index (χ1) is 13.1. The molecular formula is C21H25NO6. The minimum atomic E-state index is -0.829. The maximum Gasteiger partial charge on any atom is 0.405 e. The molecular weight excluding hydrogens is 362 g/mol. The lowest BCUT2D eigenvalue weighted by Gasteiger charge is -2.16. The molecule has 0 aliphatic rings. The van der Waals surface area contributed by atoms with Gasteiger partial charge in [0.2, 0.25) is 0 Å². The fourth-order valence-corrected chi connectivity index (χ4v) is 2.02. The second kappa shape index (κ2) is 10.7. The highest BCUT2D eigenvalue weighted by molar-refractivity contribution is 5.90. The highest BCUT2D eigenvalue weighted by atomic mass is 16.6. The molecule has 2 aromatic carbocycles. The number of amides is 1. The second-order valence-corrected chi connectivity index (χ2v) is 6.83. The number of carboxylic acids is 1. The van der Waals surface area contributed by atoms with Gasteiger partial charge in [-0.2, -0.15) is 0 Å². The average molecular weight is 387 g/mol. The molecule has 0 saturated carbocycles. The molecule has 150 valence electrons. The summed E-state index contributed by atoms with van der Waals surface area (Å²) in [5.74, 6) is -0.800. The van der Waals surface area contributed by atoms with E-state index in [0.717, 1.165) is 5.56 Å². The van der Waals surface area contributed by atoms with Crippen LogP contribution in [0.15, 0.2) is 54.6 Å². The van der Waals surface area contributed by atoms with E-state index >= 15 is 0 Å². The summed E-state index contributed by atoms with van der Waals surface area (Å²) in [5.41, 5.74) is 5.65. The first-order valence-electron chi connectivity index (χ1n) is 8.63. The Morgan fingerprint density at radius 3 is 1.96 bits per heavy atom. The van der Waals surface area contributed by atoms with Gasteiger partial charge in [0.1, 0.15) is 11.4 Å². The molecule has 0 spiro atoms. The number of rotatable bonds is 5. The topological polar surface area (TPSA) is 116 Å². The Hall–Kier alpha value is -3.35. The van der Waals surface area contributed by atoms with Crippen molar-refractivity contribution >= 4 is 18.0 Å². The van der Waals surface area contributed by atoms with Gasteiger partial charge in [0.25, 0.3) is 0 Å². The van der Waals surface area contributed by atoms with Crippen molar-refractivity contribution in [1.29, 1.82) is 0 Å². The number of aliphatic carboxylic acids is 1. The fraction of sp³-hybridized carbons (Fsp3) is 0.286. The molecule has 1 amide bonds. The Labute approximate surface area is 164 Å². The molecule has 0 atom stereocenters. The molecule has 0 bridgehead atoms. The lowest BCUT2D eigenvalue weighted by atomic mass is 10.1. The largest absolute Gasteiger partial charge is 0.481 e. The number of carboxylic acid groups (broad SMARTS) is 1. The van der Waals surface area contributed by atoms with Gasteiger partial charge in [0, 0.05) is 6.42 Å². The van der Waals surface area contributed by atoms with Gasteiger partial charge in [-0.05, 0) is 57.0 Å². The van der Waals surface area contributed by atoms with Gasteiger partial charge in [-0.15, -0.1) is 0 Å². The SMILES string of the molecule is CC(C)(C)OC(N)=O.O=C(O)CCc1ccc(OC(=O)c2ccccc2)cc1. The van der Waals surface area contributed by atoms with Gasteiger partial charge >= 0.3 is 18.0 Å². The van der Waals surface area contributed by atoms with Gasteiger partial charge in [-0.3, -0.25) is 4.79 Å². The van der Waals surface area contributed by atoms with E-state index in [1.807, 2.05) is 6.07 Å². The molecule has 7 nitrogen and oxygen atoms in total. The normalized spacial score (nSPS) is 10.2. The number of benzene rings is 2. The van der Waals surface area contributed by atoms with E-state index in [2.05, 4.69) is 4.74 Å². The molecule has 3 N–H and O–H groups in total. The zero-order chi connectivity index (χ0) is 21.2. The van der Waals surface area contributed by atoms with Crippen molar-refractivity contribution in [3.63, 3.8) is 0 Å². The zero-order valence-corrected chi connectivity index (χ0v) is 16.2. The summed E-state index contributed by atoms with van der Waals surface area (Å²) in [4.78, 5) is 32.3. The molecule has 0 aliphatic heterocycles. The molecule has 28 heavy (non-hydrogen) atoms. The lowest BCUT2D eigenvalue weighted by molar-refractivity contribution is -0.136. The number of nitrogens with two attached hydrogens (primary N) is 1. The third kappa shape index (κ3) is 9.96. The van der Waals surface area contributed by atoms with Crippen LogP contribution in [0.25, 0.3) is 0 Å². The van der Waals surface area contributed by atoms with Crippen LogP contribution in [0.5, 0.6) is 5.75 Å². The zero-order valence-electron chi connectivity index (χ0n) is 16.2. The van der Waals surface area contributed by atoms with Gasteiger partial charge in [0.05, 0.1) is 5.56 Å². The average Bonchev–Trinajstić information content (AvgIpc) is 2.60. The van der Waals surface area contributed by atoms with E-state index in [1.54, 1.807) is 69.3 Å². The molecule has 0 saturated heterocycles. The van der Waals surface area contributed by atoms with Crippen molar-refractivity contribution in [2.45, 2.75) is 39.2 Å². The summed E-state index contributed by atoms with van der Waals surface area (Å²) >= 11 is 0. The smallest absolute Gasteiger partial charge is 0.405 e. The summed E-state index contributed by atoms with van der Waals surface area (Å²) in [6.45, 7) is 5.28. The molecule has 0 fully saturated rings. The molecule has 7 heteroatoms. The summed E-state index contributed by atoms with van der Waals surface area (Å²) in [5, 5.41) is 8.61. The van der Waals surface area contributed by atoms with Gasteiger partial charge in [0.15, 0.2) is 0 Å². The minimum absolute atomic E-state index is 0.0865. The summed E-state index contributed by atoms with van der Waals surface area (Å²) in [6, 6.07) is 15.6. The van der Waals surface area contributed by atoms with Crippen LogP contribution in [0.1, 0.15) is 43.1 Å². The third-order valence-electron chi connectivity index (χ3n) is 3.18. The first kappa shape index (κ1) is 22.7. The maximum atomic E-state index is 11.8. The van der Waals surface area contributed by atoms with Crippen molar-refractivity contribution in [2.75, 3.05) is 0 Å². The molecule has 0 unspecified atom stereocenters. The highest BCUT2D eigenvalue weighted by Crippen LogP contribution is 2.15.